The highest BCUT2D eigenvalue weighted by Gasteiger charge is 2.24. The van der Waals surface area contributed by atoms with Crippen LogP contribution in [0.1, 0.15) is 55.9 Å². The van der Waals surface area contributed by atoms with Gasteiger partial charge in [0.05, 0.1) is 10.9 Å². The molecule has 0 spiro atoms. The zero-order valence-electron chi connectivity index (χ0n) is 18.1. The van der Waals surface area contributed by atoms with Gasteiger partial charge in [-0.25, -0.2) is 9.78 Å². The van der Waals surface area contributed by atoms with Gasteiger partial charge in [-0.1, -0.05) is 55.5 Å². The molecular weight excluding hydrogens is 436 g/mol. The van der Waals surface area contributed by atoms with Crippen molar-refractivity contribution in [2.45, 2.75) is 32.8 Å². The van der Waals surface area contributed by atoms with Gasteiger partial charge in [0, 0.05) is 16.0 Å². The molecule has 0 radical (unpaired) electrons. The summed E-state index contributed by atoms with van der Waals surface area (Å²) in [4.78, 5) is 47.7. The molecule has 1 aliphatic rings. The summed E-state index contributed by atoms with van der Waals surface area (Å²) in [7, 11) is 0. The van der Waals surface area contributed by atoms with Gasteiger partial charge in [0.1, 0.15) is 17.3 Å². The van der Waals surface area contributed by atoms with E-state index >= 15 is 0 Å². The summed E-state index contributed by atoms with van der Waals surface area (Å²) in [6.45, 7) is 2.03. The number of carbonyl (C=O) groups is 2. The molecule has 2 aromatic heterocycles. The van der Waals surface area contributed by atoms with E-state index in [0.717, 1.165) is 24.8 Å². The molecule has 0 aliphatic heterocycles. The van der Waals surface area contributed by atoms with Crippen molar-refractivity contribution >= 4 is 33.3 Å². The van der Waals surface area contributed by atoms with E-state index in [1.165, 1.54) is 4.88 Å². The maximum Gasteiger partial charge on any atom is 0.339 e. The Bertz CT molecular complexity index is 1420. The molecule has 7 heteroatoms. The fourth-order valence-electron chi connectivity index (χ4n) is 4.28. The quantitative estimate of drug-likeness (QED) is 0.346. The van der Waals surface area contributed by atoms with Crippen molar-refractivity contribution in [2.24, 2.45) is 5.92 Å². The van der Waals surface area contributed by atoms with E-state index in [0.29, 0.717) is 27.5 Å². The number of carbonyl (C=O) groups excluding carboxylic acids is 2. The number of H-pyrrole nitrogens is 1. The van der Waals surface area contributed by atoms with E-state index in [4.69, 9.17) is 4.74 Å². The summed E-state index contributed by atoms with van der Waals surface area (Å²) in [5, 5.41) is 0.663. The number of thiophene rings is 1. The maximum absolute atomic E-state index is 12.9. The number of ketones is 1. The average molecular weight is 459 g/mol. The van der Waals surface area contributed by atoms with Crippen LogP contribution in [0.15, 0.2) is 59.4 Å². The van der Waals surface area contributed by atoms with Crippen LogP contribution in [0.2, 0.25) is 0 Å². The predicted molar refractivity (Wildman–Crippen MR) is 127 cm³/mol. The summed E-state index contributed by atoms with van der Waals surface area (Å²) >= 11 is 1.55. The van der Waals surface area contributed by atoms with Crippen LogP contribution in [0.4, 0.5) is 0 Å². The summed E-state index contributed by atoms with van der Waals surface area (Å²) in [5.74, 6) is -0.00508. The second-order valence-corrected chi connectivity index (χ2v) is 9.45. The highest BCUT2D eigenvalue weighted by Crippen LogP contribution is 2.35. The summed E-state index contributed by atoms with van der Waals surface area (Å²) in [6.07, 6.45) is 2.92. The third-order valence-electron chi connectivity index (χ3n) is 5.98. The Labute approximate surface area is 194 Å². The molecule has 1 aliphatic carbocycles. The Kier molecular flexibility index (Phi) is 5.64. The lowest BCUT2D eigenvalue weighted by molar-refractivity contribution is 0.0460. The fourth-order valence-corrected chi connectivity index (χ4v) is 5.68. The zero-order chi connectivity index (χ0) is 22.9. The number of fused-ring (bicyclic) bond motifs is 3. The Balaban J connectivity index is 1.38. The number of esters is 1. The molecule has 2 heterocycles. The molecule has 1 N–H and O–H groups in total. The van der Waals surface area contributed by atoms with Crippen molar-refractivity contribution < 1.29 is 14.3 Å². The number of hydrogen-bond acceptors (Lipinski definition) is 6. The van der Waals surface area contributed by atoms with Gasteiger partial charge in [0.15, 0.2) is 5.78 Å². The minimum Gasteiger partial charge on any atom is -0.454 e. The predicted octanol–water partition coefficient (Wildman–Crippen LogP) is 4.70. The fraction of sp³-hybridized carbons (Fsp3) is 0.231. The topological polar surface area (TPSA) is 89.1 Å². The molecule has 0 bridgehead atoms. The lowest BCUT2D eigenvalue weighted by Crippen LogP contribution is -2.17. The minimum atomic E-state index is -0.642. The van der Waals surface area contributed by atoms with Crippen molar-refractivity contribution in [1.82, 2.24) is 9.97 Å². The summed E-state index contributed by atoms with van der Waals surface area (Å²) in [6, 6.07) is 15.3. The van der Waals surface area contributed by atoms with E-state index in [1.807, 2.05) is 6.07 Å². The van der Waals surface area contributed by atoms with Crippen molar-refractivity contribution in [1.29, 1.82) is 0 Å². The van der Waals surface area contributed by atoms with E-state index < -0.39 is 5.97 Å². The van der Waals surface area contributed by atoms with Crippen molar-refractivity contribution in [3.8, 4) is 0 Å². The molecule has 4 aromatic rings. The Hall–Kier alpha value is -3.58. The van der Waals surface area contributed by atoms with Crippen LogP contribution in [0.3, 0.4) is 0 Å². The number of rotatable bonds is 5. The molecule has 33 heavy (non-hydrogen) atoms. The number of nitrogens with zero attached hydrogens (tertiary/aromatic N) is 1. The number of aryl methyl sites for hydroxylation is 1. The molecule has 2 aromatic carbocycles. The van der Waals surface area contributed by atoms with Gasteiger partial charge in [-0.3, -0.25) is 9.59 Å². The molecule has 1 atom stereocenters. The molecule has 0 amide bonds. The normalized spacial score (nSPS) is 15.2. The monoisotopic (exact) mass is 458 g/mol. The number of ether oxygens (including phenoxy) is 1. The smallest absolute Gasteiger partial charge is 0.339 e. The second-order valence-electron chi connectivity index (χ2n) is 8.36. The first-order chi connectivity index (χ1) is 16.0. The standard InChI is InChI=1S/C26H22N2O4S/c1-15-11-12-19-20(13-15)33-25-22(19)24(30)27-21(28-25)14-32-26(31)18-10-6-5-9-17(18)23(29)16-7-3-2-4-8-16/h2-10,15H,11-14H2,1H3,(H,27,28,30). The van der Waals surface area contributed by atoms with Crippen LogP contribution in [0.5, 0.6) is 0 Å². The van der Waals surface area contributed by atoms with Gasteiger partial charge in [0.25, 0.3) is 5.56 Å². The van der Waals surface area contributed by atoms with Crippen LogP contribution in [0, 0.1) is 5.92 Å². The van der Waals surface area contributed by atoms with Gasteiger partial charge in [-0.15, -0.1) is 11.3 Å². The van der Waals surface area contributed by atoms with Crippen LogP contribution in [0.25, 0.3) is 10.2 Å². The molecule has 1 unspecified atom stereocenters. The molecule has 0 saturated heterocycles. The highest BCUT2D eigenvalue weighted by molar-refractivity contribution is 7.18. The minimum absolute atomic E-state index is 0.176. The van der Waals surface area contributed by atoms with Crippen LogP contribution in [-0.2, 0) is 24.2 Å². The van der Waals surface area contributed by atoms with Crippen molar-refractivity contribution in [2.75, 3.05) is 0 Å². The lowest BCUT2D eigenvalue weighted by Gasteiger charge is -2.17. The Morgan fingerprint density at radius 1 is 1.09 bits per heavy atom. The Morgan fingerprint density at radius 2 is 1.82 bits per heavy atom. The van der Waals surface area contributed by atoms with Gasteiger partial charge < -0.3 is 9.72 Å². The van der Waals surface area contributed by atoms with E-state index in [9.17, 15) is 14.4 Å². The Morgan fingerprint density at radius 3 is 2.61 bits per heavy atom. The molecule has 0 saturated carbocycles. The van der Waals surface area contributed by atoms with Gasteiger partial charge >= 0.3 is 5.97 Å². The SMILES string of the molecule is CC1CCc2c(sc3nc(COC(=O)c4ccccc4C(=O)c4ccccc4)[nH]c(=O)c23)C1. The summed E-state index contributed by atoms with van der Waals surface area (Å²) < 4.78 is 5.44. The maximum atomic E-state index is 12.9. The zero-order valence-corrected chi connectivity index (χ0v) is 18.9. The van der Waals surface area contributed by atoms with Gasteiger partial charge in [-0.2, -0.15) is 0 Å². The average Bonchev–Trinajstić information content (AvgIpc) is 3.20. The highest BCUT2D eigenvalue weighted by atomic mass is 32.1. The lowest BCUT2D eigenvalue weighted by atomic mass is 9.89. The van der Waals surface area contributed by atoms with E-state index in [-0.39, 0.29) is 29.1 Å². The van der Waals surface area contributed by atoms with Crippen molar-refractivity contribution in [3.63, 3.8) is 0 Å². The second kappa shape index (κ2) is 8.75. The van der Waals surface area contributed by atoms with E-state index in [2.05, 4.69) is 16.9 Å². The number of nitrogens with one attached hydrogen (secondary N) is 1. The van der Waals surface area contributed by atoms with Gasteiger partial charge in [-0.05, 0) is 36.8 Å². The van der Waals surface area contributed by atoms with Crippen LogP contribution >= 0.6 is 11.3 Å². The number of benzene rings is 2. The third-order valence-corrected chi connectivity index (χ3v) is 7.13. The first-order valence-corrected chi connectivity index (χ1v) is 11.7. The van der Waals surface area contributed by atoms with E-state index in [1.54, 1.807) is 59.9 Å². The van der Waals surface area contributed by atoms with Crippen LogP contribution in [-0.4, -0.2) is 21.7 Å². The molecular formula is C26H22N2O4S. The van der Waals surface area contributed by atoms with Crippen molar-refractivity contribution in [3.05, 3.63) is 97.9 Å². The number of hydrogen-bond donors (Lipinski definition) is 1. The van der Waals surface area contributed by atoms with Crippen LogP contribution < -0.4 is 5.56 Å². The number of aromatic nitrogens is 2. The largest absolute Gasteiger partial charge is 0.454 e. The molecule has 166 valence electrons. The third kappa shape index (κ3) is 4.12. The summed E-state index contributed by atoms with van der Waals surface area (Å²) in [5.41, 5.74) is 1.85. The number of aromatic amines is 1. The van der Waals surface area contributed by atoms with Gasteiger partial charge in [0.2, 0.25) is 0 Å². The molecule has 6 nitrogen and oxygen atoms in total. The first kappa shape index (κ1) is 21.3. The first-order valence-electron chi connectivity index (χ1n) is 10.9. The molecule has 5 rings (SSSR count). The molecule has 0 fully saturated rings.